The Bertz CT molecular complexity index is 1270. The predicted octanol–water partition coefficient (Wildman–Crippen LogP) is 3.49. The molecule has 1 saturated heterocycles. The summed E-state index contributed by atoms with van der Waals surface area (Å²) in [6.07, 6.45) is 1.57. The number of hydrogen-bond acceptors (Lipinski definition) is 7. The number of aliphatic hydroxyl groups is 1. The first kappa shape index (κ1) is 20.6. The van der Waals surface area contributed by atoms with Gasteiger partial charge in [0.2, 0.25) is 0 Å². The minimum Gasteiger partial charge on any atom is -0.507 e. The molecule has 0 radical (unpaired) electrons. The summed E-state index contributed by atoms with van der Waals surface area (Å²) in [6.45, 7) is 0.815. The van der Waals surface area contributed by atoms with Gasteiger partial charge in [0.25, 0.3) is 11.7 Å². The highest BCUT2D eigenvalue weighted by atomic mass is 16.6. The normalized spacial score (nSPS) is 18.9. The standard InChI is InChI=1S/C25H20N2O6/c1-31-17-6-4-5-16(14-17)27-22(18-7-2-3-10-26-18)21(24(29)25(27)30)23(28)15-8-9-19-20(13-15)33-12-11-32-19/h2-10,13-14,22,28H,11-12H2,1H3/b23-21-. The largest absolute Gasteiger partial charge is 0.507 e. The first-order chi connectivity index (χ1) is 16.1. The molecule has 2 aliphatic heterocycles. The lowest BCUT2D eigenvalue weighted by molar-refractivity contribution is -0.132. The summed E-state index contributed by atoms with van der Waals surface area (Å²) >= 11 is 0. The Kier molecular flexibility index (Phi) is 5.18. The average molecular weight is 444 g/mol. The zero-order valence-electron chi connectivity index (χ0n) is 17.7. The Morgan fingerprint density at radius 1 is 1.03 bits per heavy atom. The van der Waals surface area contributed by atoms with Crippen molar-refractivity contribution in [2.75, 3.05) is 25.2 Å². The molecule has 2 aliphatic rings. The van der Waals surface area contributed by atoms with Crippen molar-refractivity contribution in [2.24, 2.45) is 0 Å². The quantitative estimate of drug-likeness (QED) is 0.374. The van der Waals surface area contributed by atoms with E-state index in [1.54, 1.807) is 66.9 Å². The first-order valence-corrected chi connectivity index (χ1v) is 10.3. The van der Waals surface area contributed by atoms with E-state index in [1.807, 2.05) is 0 Å². The van der Waals surface area contributed by atoms with Gasteiger partial charge in [0.05, 0.1) is 18.4 Å². The summed E-state index contributed by atoms with van der Waals surface area (Å²) in [6, 6.07) is 16.0. The topological polar surface area (TPSA) is 98.2 Å². The maximum atomic E-state index is 13.2. The molecule has 3 heterocycles. The molecule has 2 aromatic carbocycles. The Labute approximate surface area is 189 Å². The van der Waals surface area contributed by atoms with Gasteiger partial charge in [-0.15, -0.1) is 0 Å². The summed E-state index contributed by atoms with van der Waals surface area (Å²) in [7, 11) is 1.52. The van der Waals surface area contributed by atoms with Crippen LogP contribution < -0.4 is 19.1 Å². The van der Waals surface area contributed by atoms with Gasteiger partial charge in [-0.05, 0) is 42.5 Å². The third kappa shape index (κ3) is 3.55. The lowest BCUT2D eigenvalue weighted by Crippen LogP contribution is -2.29. The number of anilines is 1. The molecule has 1 fully saturated rings. The van der Waals surface area contributed by atoms with Crippen LogP contribution in [0.15, 0.2) is 72.4 Å². The molecule has 1 atom stereocenters. The fourth-order valence-electron chi connectivity index (χ4n) is 4.02. The molecule has 0 saturated carbocycles. The average Bonchev–Trinajstić information content (AvgIpc) is 3.14. The Morgan fingerprint density at radius 3 is 2.61 bits per heavy atom. The summed E-state index contributed by atoms with van der Waals surface area (Å²) in [5, 5.41) is 11.2. The van der Waals surface area contributed by atoms with Crippen LogP contribution in [0.25, 0.3) is 5.76 Å². The van der Waals surface area contributed by atoms with E-state index in [-0.39, 0.29) is 11.3 Å². The van der Waals surface area contributed by atoms with Crippen molar-refractivity contribution in [3.63, 3.8) is 0 Å². The fourth-order valence-corrected chi connectivity index (χ4v) is 4.02. The second-order valence-electron chi connectivity index (χ2n) is 7.48. The van der Waals surface area contributed by atoms with Crippen LogP contribution in [-0.4, -0.2) is 42.1 Å². The zero-order valence-corrected chi connectivity index (χ0v) is 17.7. The molecule has 3 aromatic rings. The number of pyridine rings is 1. The van der Waals surface area contributed by atoms with Crippen LogP contribution in [0, 0.1) is 0 Å². The van der Waals surface area contributed by atoms with Gasteiger partial charge in [-0.3, -0.25) is 19.5 Å². The number of amides is 1. The number of rotatable bonds is 4. The van der Waals surface area contributed by atoms with Gasteiger partial charge in [-0.1, -0.05) is 12.1 Å². The highest BCUT2D eigenvalue weighted by Crippen LogP contribution is 2.43. The summed E-state index contributed by atoms with van der Waals surface area (Å²) in [5.41, 5.74) is 1.17. The number of fused-ring (bicyclic) bond motifs is 1. The number of methoxy groups -OCH3 is 1. The summed E-state index contributed by atoms with van der Waals surface area (Å²) in [4.78, 5) is 32.1. The van der Waals surface area contributed by atoms with Crippen LogP contribution in [0.3, 0.4) is 0 Å². The van der Waals surface area contributed by atoms with Gasteiger partial charge < -0.3 is 19.3 Å². The maximum Gasteiger partial charge on any atom is 0.300 e. The van der Waals surface area contributed by atoms with Crippen molar-refractivity contribution in [1.82, 2.24) is 4.98 Å². The molecule has 1 aromatic heterocycles. The van der Waals surface area contributed by atoms with Crippen LogP contribution in [0.5, 0.6) is 17.2 Å². The van der Waals surface area contributed by atoms with Gasteiger partial charge in [0.15, 0.2) is 11.5 Å². The second kappa shape index (κ2) is 8.31. The molecule has 0 bridgehead atoms. The van der Waals surface area contributed by atoms with Crippen molar-refractivity contribution >= 4 is 23.1 Å². The molecule has 1 amide bonds. The number of benzene rings is 2. The molecule has 166 valence electrons. The second-order valence-corrected chi connectivity index (χ2v) is 7.48. The van der Waals surface area contributed by atoms with Gasteiger partial charge in [0, 0.05) is 23.5 Å². The number of nitrogens with zero attached hydrogens (tertiary/aromatic N) is 2. The lowest BCUT2D eigenvalue weighted by Gasteiger charge is -2.25. The molecule has 8 heteroatoms. The summed E-state index contributed by atoms with van der Waals surface area (Å²) < 4.78 is 16.4. The van der Waals surface area contributed by atoms with E-state index >= 15 is 0 Å². The monoisotopic (exact) mass is 444 g/mol. The van der Waals surface area contributed by atoms with Crippen molar-refractivity contribution < 1.29 is 28.9 Å². The van der Waals surface area contributed by atoms with Crippen molar-refractivity contribution in [2.45, 2.75) is 6.04 Å². The maximum absolute atomic E-state index is 13.2. The van der Waals surface area contributed by atoms with E-state index in [1.165, 1.54) is 12.0 Å². The molecule has 33 heavy (non-hydrogen) atoms. The van der Waals surface area contributed by atoms with E-state index in [9.17, 15) is 14.7 Å². The van der Waals surface area contributed by atoms with Gasteiger partial charge in [-0.25, -0.2) is 0 Å². The third-order valence-corrected chi connectivity index (χ3v) is 5.56. The SMILES string of the molecule is COc1cccc(N2C(=O)C(=O)/C(=C(\O)c3ccc4c(c3)OCCO4)C2c2ccccn2)c1. The smallest absolute Gasteiger partial charge is 0.300 e. The Balaban J connectivity index is 1.68. The van der Waals surface area contributed by atoms with Crippen molar-refractivity contribution in [1.29, 1.82) is 0 Å². The molecule has 5 rings (SSSR count). The minimum atomic E-state index is -0.925. The van der Waals surface area contributed by atoms with E-state index < -0.39 is 17.7 Å². The van der Waals surface area contributed by atoms with E-state index in [0.717, 1.165) is 0 Å². The molecule has 1 unspecified atom stereocenters. The van der Waals surface area contributed by atoms with Crippen LogP contribution in [0.4, 0.5) is 5.69 Å². The number of carbonyl (C=O) groups is 2. The van der Waals surface area contributed by atoms with Crippen LogP contribution in [-0.2, 0) is 9.59 Å². The number of carbonyl (C=O) groups excluding carboxylic acids is 2. The van der Waals surface area contributed by atoms with Gasteiger partial charge in [0.1, 0.15) is 30.8 Å². The van der Waals surface area contributed by atoms with E-state index in [4.69, 9.17) is 14.2 Å². The predicted molar refractivity (Wildman–Crippen MR) is 119 cm³/mol. The first-order valence-electron chi connectivity index (χ1n) is 10.3. The van der Waals surface area contributed by atoms with Gasteiger partial charge >= 0.3 is 0 Å². The zero-order chi connectivity index (χ0) is 22.9. The van der Waals surface area contributed by atoms with E-state index in [0.29, 0.717) is 47.4 Å². The number of aliphatic hydroxyl groups excluding tert-OH is 1. The van der Waals surface area contributed by atoms with E-state index in [2.05, 4.69) is 4.98 Å². The van der Waals surface area contributed by atoms with Crippen LogP contribution >= 0.6 is 0 Å². The van der Waals surface area contributed by atoms with Gasteiger partial charge in [-0.2, -0.15) is 0 Å². The number of hydrogen-bond donors (Lipinski definition) is 1. The highest BCUT2D eigenvalue weighted by Gasteiger charge is 2.47. The number of aromatic nitrogens is 1. The number of Topliss-reactive ketones (excluding diaryl/α,β-unsaturated/α-hetero) is 1. The number of ether oxygens (including phenoxy) is 3. The van der Waals surface area contributed by atoms with Crippen molar-refractivity contribution in [3.8, 4) is 17.2 Å². The molecule has 0 spiro atoms. The summed E-state index contributed by atoms with van der Waals surface area (Å²) in [5.74, 6) is -0.344. The van der Waals surface area contributed by atoms with Crippen LogP contribution in [0.1, 0.15) is 17.3 Å². The fraction of sp³-hybridized carbons (Fsp3) is 0.160. The Morgan fingerprint density at radius 2 is 1.85 bits per heavy atom. The Hall–Kier alpha value is -4.33. The molecular weight excluding hydrogens is 424 g/mol. The number of ketones is 1. The lowest BCUT2D eigenvalue weighted by atomic mass is 9.98. The van der Waals surface area contributed by atoms with Crippen LogP contribution in [0.2, 0.25) is 0 Å². The molecule has 8 nitrogen and oxygen atoms in total. The molecule has 1 N–H and O–H groups in total. The minimum absolute atomic E-state index is 0.0572. The molecule has 0 aliphatic carbocycles. The highest BCUT2D eigenvalue weighted by molar-refractivity contribution is 6.51. The van der Waals surface area contributed by atoms with Crippen molar-refractivity contribution in [3.05, 3.63) is 83.7 Å². The molecular formula is C25H20N2O6. The third-order valence-electron chi connectivity index (χ3n) is 5.56.